The molecule has 3 aromatic rings. The molecule has 6 nitrogen and oxygen atoms in total. The predicted molar refractivity (Wildman–Crippen MR) is 129 cm³/mol. The minimum absolute atomic E-state index is 0.207. The van der Waals surface area contributed by atoms with Crippen molar-refractivity contribution in [2.75, 3.05) is 4.90 Å². The molecule has 1 spiro atoms. The van der Waals surface area contributed by atoms with Gasteiger partial charge < -0.3 is 4.74 Å². The molecule has 3 atom stereocenters. The molecule has 7 heteroatoms. The van der Waals surface area contributed by atoms with Crippen molar-refractivity contribution in [2.24, 2.45) is 11.8 Å². The largest absolute Gasteiger partial charge is 0.349 e. The second-order valence-electron chi connectivity index (χ2n) is 9.34. The zero-order valence-electron chi connectivity index (χ0n) is 18.9. The van der Waals surface area contributed by atoms with Gasteiger partial charge >= 0.3 is 0 Å². The Morgan fingerprint density at radius 1 is 0.829 bits per heavy atom. The smallest absolute Gasteiger partial charge is 0.241 e. The number of imide groups is 1. The topological polar surface area (TPSA) is 80.8 Å². The molecule has 0 radical (unpaired) electrons. The molecule has 1 aliphatic carbocycles. The van der Waals surface area contributed by atoms with Gasteiger partial charge in [-0.3, -0.25) is 19.2 Å². The van der Waals surface area contributed by atoms with Crippen molar-refractivity contribution < 1.29 is 23.9 Å². The highest BCUT2D eigenvalue weighted by Gasteiger charge is 2.74. The van der Waals surface area contributed by atoms with Crippen molar-refractivity contribution in [3.8, 4) is 0 Å². The number of benzene rings is 3. The van der Waals surface area contributed by atoms with Crippen molar-refractivity contribution in [1.29, 1.82) is 0 Å². The van der Waals surface area contributed by atoms with Gasteiger partial charge in [0.25, 0.3) is 0 Å². The van der Waals surface area contributed by atoms with Gasteiger partial charge in [0.15, 0.2) is 0 Å². The molecule has 174 valence electrons. The average Bonchev–Trinajstić information content (AvgIpc) is 3.41. The normalized spacial score (nSPS) is 24.4. The molecule has 0 saturated carbocycles. The summed E-state index contributed by atoms with van der Waals surface area (Å²) in [6.45, 7) is 3.72. The quantitative estimate of drug-likeness (QED) is 0.390. The lowest BCUT2D eigenvalue weighted by Gasteiger charge is -2.27. The Morgan fingerprint density at radius 3 is 2.14 bits per heavy atom. The first-order valence-corrected chi connectivity index (χ1v) is 11.7. The minimum Gasteiger partial charge on any atom is -0.349 e. The summed E-state index contributed by atoms with van der Waals surface area (Å²) in [5, 5.41) is 0.404. The van der Waals surface area contributed by atoms with Crippen molar-refractivity contribution in [3.05, 3.63) is 99.6 Å². The molecule has 0 unspecified atom stereocenters. The second kappa shape index (κ2) is 7.44. The monoisotopic (exact) mass is 485 g/mol. The van der Waals surface area contributed by atoms with E-state index in [1.165, 1.54) is 0 Å². The molecule has 2 heterocycles. The lowest BCUT2D eigenvalue weighted by Crippen LogP contribution is -2.51. The van der Waals surface area contributed by atoms with Crippen LogP contribution in [0.2, 0.25) is 5.02 Å². The maximum Gasteiger partial charge on any atom is 0.241 e. The molecule has 3 aliphatic rings. The number of hydrogen-bond donors (Lipinski definition) is 0. The molecule has 2 saturated heterocycles. The van der Waals surface area contributed by atoms with Gasteiger partial charge in [-0.05, 0) is 37.1 Å². The zero-order valence-corrected chi connectivity index (χ0v) is 19.7. The number of carbonyl (C=O) groups is 4. The fourth-order valence-corrected chi connectivity index (χ4v) is 5.82. The summed E-state index contributed by atoms with van der Waals surface area (Å²) in [6, 6.07) is 18.7. The van der Waals surface area contributed by atoms with E-state index in [4.69, 9.17) is 16.3 Å². The minimum atomic E-state index is -2.08. The molecule has 6 rings (SSSR count). The number of halogens is 1. The van der Waals surface area contributed by atoms with Gasteiger partial charge in [0.05, 0.1) is 23.6 Å². The molecular weight excluding hydrogens is 466 g/mol. The van der Waals surface area contributed by atoms with Gasteiger partial charge in [-0.2, -0.15) is 0 Å². The maximum atomic E-state index is 13.9. The highest BCUT2D eigenvalue weighted by atomic mass is 35.5. The van der Waals surface area contributed by atoms with Gasteiger partial charge in [-0.25, -0.2) is 4.90 Å². The number of Topliss-reactive ketones (excluding diaryl/α,β-unsaturated/α-hetero) is 2. The zero-order chi connectivity index (χ0) is 24.6. The second-order valence-corrected chi connectivity index (χ2v) is 9.75. The van der Waals surface area contributed by atoms with Crippen LogP contribution in [0.4, 0.5) is 5.69 Å². The third-order valence-corrected chi connectivity index (χ3v) is 7.71. The van der Waals surface area contributed by atoms with E-state index in [9.17, 15) is 19.2 Å². The van der Waals surface area contributed by atoms with Gasteiger partial charge in [0, 0.05) is 16.1 Å². The molecule has 2 amide bonds. The number of aryl methyl sites for hydroxylation is 2. The van der Waals surface area contributed by atoms with Crippen molar-refractivity contribution in [2.45, 2.75) is 25.6 Å². The van der Waals surface area contributed by atoms with E-state index >= 15 is 0 Å². The van der Waals surface area contributed by atoms with Gasteiger partial charge in [-0.15, -0.1) is 0 Å². The SMILES string of the molecule is Cc1cccc([C@@H]2OC3(C(=O)c4ccccc4C3=O)[C@@H]3C(=O)N(c4ccc(C)c(Cl)c4)C(=O)[C@@H]32)c1. The number of anilines is 1. The molecule has 0 aromatic heterocycles. The van der Waals surface area contributed by atoms with E-state index in [0.717, 1.165) is 16.0 Å². The first-order valence-electron chi connectivity index (χ1n) is 11.3. The number of carbonyl (C=O) groups excluding carboxylic acids is 4. The van der Waals surface area contributed by atoms with E-state index < -0.39 is 46.9 Å². The van der Waals surface area contributed by atoms with E-state index in [2.05, 4.69) is 0 Å². The Labute approximate surface area is 206 Å². The lowest BCUT2D eigenvalue weighted by atomic mass is 9.77. The number of rotatable bonds is 2. The van der Waals surface area contributed by atoms with E-state index in [-0.39, 0.29) is 11.1 Å². The van der Waals surface area contributed by atoms with Crippen LogP contribution >= 0.6 is 11.6 Å². The van der Waals surface area contributed by atoms with Gasteiger partial charge in [-0.1, -0.05) is 71.8 Å². The molecule has 0 N–H and O–H groups in total. The Morgan fingerprint density at radius 2 is 1.51 bits per heavy atom. The molecule has 2 aliphatic heterocycles. The van der Waals surface area contributed by atoms with E-state index in [1.54, 1.807) is 48.5 Å². The summed E-state index contributed by atoms with van der Waals surface area (Å²) in [6.07, 6.45) is -0.940. The third kappa shape index (κ3) is 2.81. The Kier molecular flexibility index (Phi) is 4.66. The number of ketones is 2. The lowest BCUT2D eigenvalue weighted by molar-refractivity contribution is -0.127. The molecule has 35 heavy (non-hydrogen) atoms. The Balaban J connectivity index is 1.55. The van der Waals surface area contributed by atoms with Crippen LogP contribution in [-0.2, 0) is 14.3 Å². The average molecular weight is 486 g/mol. The summed E-state index contributed by atoms with van der Waals surface area (Å²) >= 11 is 6.30. The molecular formula is C28H20ClNO5. The Bertz CT molecular complexity index is 1440. The number of nitrogens with zero attached hydrogens (tertiary/aromatic N) is 1. The number of hydrogen-bond acceptors (Lipinski definition) is 5. The number of amides is 2. The third-order valence-electron chi connectivity index (χ3n) is 7.30. The fraction of sp³-hybridized carbons (Fsp3) is 0.214. The molecule has 0 bridgehead atoms. The number of ether oxygens (including phenoxy) is 1. The van der Waals surface area contributed by atoms with Gasteiger partial charge in [0.1, 0.15) is 0 Å². The van der Waals surface area contributed by atoms with Crippen molar-refractivity contribution in [3.63, 3.8) is 0 Å². The first-order chi connectivity index (χ1) is 16.8. The summed E-state index contributed by atoms with van der Waals surface area (Å²) in [4.78, 5) is 56.3. The first kappa shape index (κ1) is 21.9. The predicted octanol–water partition coefficient (Wildman–Crippen LogP) is 4.65. The van der Waals surface area contributed by atoms with Crippen LogP contribution in [0.1, 0.15) is 43.5 Å². The standard InChI is InChI=1S/C28H20ClNO5/c1-14-6-5-7-16(12-14)23-21-22(27(34)30(26(21)33)17-11-10-15(2)20(29)13-17)28(35-23)24(31)18-8-3-4-9-19(18)25(28)32/h3-13,21-23H,1-2H3/t21-,22-,23-/m0/s1. The van der Waals surface area contributed by atoms with E-state index in [1.807, 2.05) is 32.0 Å². The molecule has 3 aromatic carbocycles. The summed E-state index contributed by atoms with van der Waals surface area (Å²) in [5.74, 6) is -4.62. The summed E-state index contributed by atoms with van der Waals surface area (Å²) in [7, 11) is 0. The summed E-state index contributed by atoms with van der Waals surface area (Å²) < 4.78 is 6.30. The van der Waals surface area contributed by atoms with Gasteiger partial charge in [0.2, 0.25) is 29.0 Å². The van der Waals surface area contributed by atoms with Crippen LogP contribution in [0.25, 0.3) is 0 Å². The van der Waals surface area contributed by atoms with Crippen molar-refractivity contribution in [1.82, 2.24) is 0 Å². The van der Waals surface area contributed by atoms with Crippen LogP contribution in [0.3, 0.4) is 0 Å². The van der Waals surface area contributed by atoms with E-state index in [0.29, 0.717) is 16.3 Å². The highest BCUT2D eigenvalue weighted by molar-refractivity contribution is 6.37. The summed E-state index contributed by atoms with van der Waals surface area (Å²) in [5.41, 5.74) is 0.991. The van der Waals surface area contributed by atoms with Crippen LogP contribution in [0, 0.1) is 25.7 Å². The number of fused-ring (bicyclic) bond motifs is 3. The Hall–Kier alpha value is -3.61. The molecule has 2 fully saturated rings. The highest BCUT2D eigenvalue weighted by Crippen LogP contribution is 2.57. The van der Waals surface area contributed by atoms with Crippen LogP contribution < -0.4 is 4.90 Å². The van der Waals surface area contributed by atoms with Crippen molar-refractivity contribution >= 4 is 40.7 Å². The van der Waals surface area contributed by atoms with Crippen LogP contribution in [0.5, 0.6) is 0 Å². The maximum absolute atomic E-state index is 13.9. The van der Waals surface area contributed by atoms with Crippen LogP contribution in [-0.4, -0.2) is 29.0 Å². The van der Waals surface area contributed by atoms with Crippen LogP contribution in [0.15, 0.2) is 66.7 Å². The fourth-order valence-electron chi connectivity index (χ4n) is 5.64.